The van der Waals surface area contributed by atoms with Crippen molar-refractivity contribution >= 4 is 41.2 Å². The SMILES string of the molecule is CCCCCCCCCCCCCCCC(=O)OCCOCCOCCOCCOCCOCCOCCOCCOCCCCCC(=O)Nc1cccc2c1C(=O)N(C1CCC(=O)NC1=O)C2=O. The lowest BCUT2D eigenvalue weighted by atomic mass is 10.0. The predicted molar refractivity (Wildman–Crippen MR) is 258 cm³/mol. The smallest absolute Gasteiger partial charge is 0.305 e. The Bertz CT molecular complexity index is 1600. The number of benzene rings is 1. The number of ether oxygens (including phenoxy) is 9. The highest BCUT2D eigenvalue weighted by Gasteiger charge is 2.45. The zero-order valence-electron chi connectivity index (χ0n) is 41.5. The average molecular weight is 978 g/mol. The number of amides is 5. The van der Waals surface area contributed by atoms with Gasteiger partial charge in [-0.15, -0.1) is 0 Å². The van der Waals surface area contributed by atoms with Crippen LogP contribution in [0.25, 0.3) is 0 Å². The van der Waals surface area contributed by atoms with Gasteiger partial charge in [-0.3, -0.25) is 39.0 Å². The molecule has 0 spiro atoms. The zero-order chi connectivity index (χ0) is 49.4. The molecule has 2 aliphatic heterocycles. The van der Waals surface area contributed by atoms with Crippen LogP contribution in [0.2, 0.25) is 0 Å². The molecular formula is C51H83N3O15. The Balaban J connectivity index is 0.965. The Morgan fingerprint density at radius 1 is 0.536 bits per heavy atom. The van der Waals surface area contributed by atoms with E-state index in [1.807, 2.05) is 0 Å². The molecule has 0 bridgehead atoms. The summed E-state index contributed by atoms with van der Waals surface area (Å²) in [6, 6.07) is 3.53. The Morgan fingerprint density at radius 3 is 1.46 bits per heavy atom. The van der Waals surface area contributed by atoms with E-state index in [9.17, 15) is 28.8 Å². The second-order valence-electron chi connectivity index (χ2n) is 17.1. The molecule has 5 amide bonds. The van der Waals surface area contributed by atoms with Crippen molar-refractivity contribution in [2.75, 3.05) is 118 Å². The first-order valence-electron chi connectivity index (χ1n) is 25.8. The maximum absolute atomic E-state index is 13.2. The van der Waals surface area contributed by atoms with E-state index in [0.717, 1.165) is 30.6 Å². The maximum atomic E-state index is 13.2. The number of carbonyl (C=O) groups excluding carboxylic acids is 6. The molecule has 3 rings (SSSR count). The molecule has 1 fully saturated rings. The van der Waals surface area contributed by atoms with Gasteiger partial charge in [0.1, 0.15) is 12.6 Å². The molecule has 2 N–H and O–H groups in total. The van der Waals surface area contributed by atoms with Gasteiger partial charge in [0, 0.05) is 25.9 Å². The van der Waals surface area contributed by atoms with Crippen molar-refractivity contribution in [2.45, 2.75) is 141 Å². The molecular weight excluding hydrogens is 895 g/mol. The molecule has 69 heavy (non-hydrogen) atoms. The van der Waals surface area contributed by atoms with E-state index in [-0.39, 0.29) is 54.6 Å². The van der Waals surface area contributed by atoms with E-state index in [0.29, 0.717) is 119 Å². The van der Waals surface area contributed by atoms with E-state index in [1.165, 1.54) is 76.7 Å². The molecule has 0 radical (unpaired) electrons. The molecule has 1 saturated heterocycles. The van der Waals surface area contributed by atoms with Gasteiger partial charge in [-0.2, -0.15) is 0 Å². The lowest BCUT2D eigenvalue weighted by Crippen LogP contribution is -2.54. The topological polar surface area (TPSA) is 213 Å². The van der Waals surface area contributed by atoms with Crippen molar-refractivity contribution in [3.05, 3.63) is 29.3 Å². The van der Waals surface area contributed by atoms with Gasteiger partial charge < -0.3 is 47.9 Å². The third-order valence-electron chi connectivity index (χ3n) is 11.5. The second kappa shape index (κ2) is 39.8. The van der Waals surface area contributed by atoms with Gasteiger partial charge >= 0.3 is 5.97 Å². The molecule has 1 atom stereocenters. The first-order valence-corrected chi connectivity index (χ1v) is 25.8. The Hall–Kier alpha value is -3.88. The van der Waals surface area contributed by atoms with E-state index in [1.54, 1.807) is 12.1 Å². The molecule has 1 aromatic carbocycles. The highest BCUT2D eigenvalue weighted by molar-refractivity contribution is 6.26. The number of carbonyl (C=O) groups is 6. The van der Waals surface area contributed by atoms with Gasteiger partial charge in [0.2, 0.25) is 17.7 Å². The number of esters is 1. The number of piperidine rings is 1. The summed E-state index contributed by atoms with van der Waals surface area (Å²) in [5.74, 6) is -2.87. The van der Waals surface area contributed by atoms with E-state index in [4.69, 9.17) is 42.6 Å². The van der Waals surface area contributed by atoms with Crippen LogP contribution >= 0.6 is 0 Å². The fourth-order valence-corrected chi connectivity index (χ4v) is 7.71. The number of nitrogens with one attached hydrogen (secondary N) is 2. The van der Waals surface area contributed by atoms with Crippen LogP contribution in [-0.4, -0.2) is 159 Å². The molecule has 0 aromatic heterocycles. The van der Waals surface area contributed by atoms with Crippen LogP contribution < -0.4 is 10.6 Å². The highest BCUT2D eigenvalue weighted by Crippen LogP contribution is 2.32. The summed E-state index contributed by atoms with van der Waals surface area (Å²) in [6.07, 6.45) is 19.6. The number of unbranched alkanes of at least 4 members (excludes halogenated alkanes) is 14. The first kappa shape index (κ1) is 59.4. The van der Waals surface area contributed by atoms with Gasteiger partial charge in [0.15, 0.2) is 0 Å². The molecule has 1 unspecified atom stereocenters. The summed E-state index contributed by atoms with van der Waals surface area (Å²) >= 11 is 0. The normalized spacial score (nSPS) is 14.7. The standard InChI is InChI=1S/C51H83N3O15/c1-2-3-4-5-6-7-8-9-10-11-12-13-16-22-47(57)69-41-40-68-39-38-67-37-36-66-35-34-65-33-32-64-31-30-63-29-28-62-27-26-61-25-17-14-15-21-45(55)52-43-20-18-19-42-48(43)51(60)54(50(42)59)44-23-24-46(56)53-49(44)58/h18-20,44H,2-17,21-41H2,1H3,(H,52,55)(H,53,56,58). The Morgan fingerprint density at radius 2 is 0.971 bits per heavy atom. The van der Waals surface area contributed by atoms with Crippen molar-refractivity contribution in [1.29, 1.82) is 0 Å². The van der Waals surface area contributed by atoms with Gasteiger partial charge in [0.25, 0.3) is 11.8 Å². The van der Waals surface area contributed by atoms with E-state index in [2.05, 4.69) is 17.6 Å². The quantitative estimate of drug-likeness (QED) is 0.0393. The van der Waals surface area contributed by atoms with Crippen molar-refractivity contribution in [3.63, 3.8) is 0 Å². The number of anilines is 1. The third-order valence-corrected chi connectivity index (χ3v) is 11.5. The molecule has 392 valence electrons. The summed E-state index contributed by atoms with van der Waals surface area (Å²) in [7, 11) is 0. The van der Waals surface area contributed by atoms with Gasteiger partial charge in [-0.1, -0.05) is 96.5 Å². The molecule has 18 nitrogen and oxygen atoms in total. The maximum Gasteiger partial charge on any atom is 0.305 e. The summed E-state index contributed by atoms with van der Waals surface area (Å²) in [4.78, 5) is 75.6. The molecule has 18 heteroatoms. The largest absolute Gasteiger partial charge is 0.463 e. The number of imide groups is 2. The van der Waals surface area contributed by atoms with Crippen molar-refractivity contribution in [3.8, 4) is 0 Å². The van der Waals surface area contributed by atoms with Crippen LogP contribution in [0.3, 0.4) is 0 Å². The molecule has 2 heterocycles. The van der Waals surface area contributed by atoms with Crippen LogP contribution in [0.4, 0.5) is 5.69 Å². The summed E-state index contributed by atoms with van der Waals surface area (Å²) in [5, 5.41) is 4.91. The van der Waals surface area contributed by atoms with Crippen LogP contribution in [0.15, 0.2) is 18.2 Å². The Labute approximate surface area is 410 Å². The van der Waals surface area contributed by atoms with Crippen molar-refractivity contribution in [1.82, 2.24) is 10.2 Å². The Kier molecular flexibility index (Phi) is 34.3. The summed E-state index contributed by atoms with van der Waals surface area (Å²) < 4.78 is 49.4. The average Bonchev–Trinajstić information content (AvgIpc) is 3.59. The van der Waals surface area contributed by atoms with Crippen LogP contribution in [0.5, 0.6) is 0 Å². The lowest BCUT2D eigenvalue weighted by molar-refractivity contribution is -0.145. The minimum absolute atomic E-state index is 0.0266. The van der Waals surface area contributed by atoms with Gasteiger partial charge in [-0.25, -0.2) is 0 Å². The summed E-state index contributed by atoms with van der Waals surface area (Å²) in [6.45, 7) is 9.76. The molecule has 0 aliphatic carbocycles. The number of hydrogen-bond acceptors (Lipinski definition) is 15. The lowest BCUT2D eigenvalue weighted by Gasteiger charge is -2.27. The van der Waals surface area contributed by atoms with Crippen molar-refractivity contribution < 1.29 is 71.4 Å². The van der Waals surface area contributed by atoms with Crippen LogP contribution in [0.1, 0.15) is 156 Å². The highest BCUT2D eigenvalue weighted by atomic mass is 16.6. The zero-order valence-corrected chi connectivity index (χ0v) is 41.5. The molecule has 0 saturated carbocycles. The third kappa shape index (κ3) is 27.3. The predicted octanol–water partition coefficient (Wildman–Crippen LogP) is 6.74. The number of rotatable bonds is 46. The summed E-state index contributed by atoms with van der Waals surface area (Å²) in [5.41, 5.74) is 0.379. The fraction of sp³-hybridized carbons (Fsp3) is 0.765. The second-order valence-corrected chi connectivity index (χ2v) is 17.1. The minimum atomic E-state index is -1.08. The number of hydrogen-bond donors (Lipinski definition) is 2. The van der Waals surface area contributed by atoms with Gasteiger partial charge in [-0.05, 0) is 37.8 Å². The van der Waals surface area contributed by atoms with Gasteiger partial charge in [0.05, 0.1) is 116 Å². The van der Waals surface area contributed by atoms with E-state index >= 15 is 0 Å². The first-order chi connectivity index (χ1) is 33.8. The number of fused-ring (bicyclic) bond motifs is 1. The fourth-order valence-electron chi connectivity index (χ4n) is 7.71. The van der Waals surface area contributed by atoms with E-state index < -0.39 is 29.7 Å². The van der Waals surface area contributed by atoms with Crippen LogP contribution in [0, 0.1) is 0 Å². The number of nitrogens with zero attached hydrogens (tertiary/aromatic N) is 1. The van der Waals surface area contributed by atoms with Crippen molar-refractivity contribution in [2.24, 2.45) is 0 Å². The minimum Gasteiger partial charge on any atom is -0.463 e. The van der Waals surface area contributed by atoms with Crippen LogP contribution in [-0.2, 0) is 61.8 Å². The molecule has 2 aliphatic rings. The molecule has 1 aromatic rings. The monoisotopic (exact) mass is 978 g/mol.